The molecule has 1 aliphatic rings. The lowest BCUT2D eigenvalue weighted by atomic mass is 9.92. The van der Waals surface area contributed by atoms with Crippen LogP contribution in [0.2, 0.25) is 0 Å². The normalized spacial score (nSPS) is 17.8. The number of rotatable bonds is 6. The van der Waals surface area contributed by atoms with E-state index >= 15 is 0 Å². The molecule has 0 amide bonds. The van der Waals surface area contributed by atoms with Gasteiger partial charge in [-0.05, 0) is 43.9 Å². The van der Waals surface area contributed by atoms with Crippen LogP contribution in [0.1, 0.15) is 62.6 Å². The third kappa shape index (κ3) is 4.32. The van der Waals surface area contributed by atoms with Gasteiger partial charge in [-0.15, -0.1) is 0 Å². The lowest BCUT2D eigenvalue weighted by Crippen LogP contribution is -2.24. The molecular formula is C17H26BrN. The van der Waals surface area contributed by atoms with Crippen LogP contribution in [0.5, 0.6) is 0 Å². The van der Waals surface area contributed by atoms with Crippen molar-refractivity contribution in [3.8, 4) is 0 Å². The Hall–Kier alpha value is -0.340. The Balaban J connectivity index is 2.12. The van der Waals surface area contributed by atoms with Crippen LogP contribution in [0.4, 0.5) is 0 Å². The van der Waals surface area contributed by atoms with Gasteiger partial charge < -0.3 is 5.32 Å². The second kappa shape index (κ2) is 7.44. The highest BCUT2D eigenvalue weighted by Gasteiger charge is 2.22. The topological polar surface area (TPSA) is 12.0 Å². The maximum Gasteiger partial charge on any atom is 0.0334 e. The molecular weight excluding hydrogens is 298 g/mol. The molecule has 1 atom stereocenters. The molecule has 0 heterocycles. The van der Waals surface area contributed by atoms with Crippen molar-refractivity contribution in [1.82, 2.24) is 5.32 Å². The maximum absolute atomic E-state index is 3.75. The van der Waals surface area contributed by atoms with Gasteiger partial charge >= 0.3 is 0 Å². The van der Waals surface area contributed by atoms with Crippen LogP contribution in [0.3, 0.4) is 0 Å². The number of hydrogen-bond donors (Lipinski definition) is 1. The summed E-state index contributed by atoms with van der Waals surface area (Å²) in [7, 11) is 0. The highest BCUT2D eigenvalue weighted by atomic mass is 79.9. The molecule has 1 saturated carbocycles. The van der Waals surface area contributed by atoms with Gasteiger partial charge in [0.2, 0.25) is 0 Å². The summed E-state index contributed by atoms with van der Waals surface area (Å²) in [6.07, 6.45) is 8.20. The van der Waals surface area contributed by atoms with E-state index in [0.29, 0.717) is 6.04 Å². The third-order valence-corrected chi connectivity index (χ3v) is 4.93. The Morgan fingerprint density at radius 1 is 1.32 bits per heavy atom. The summed E-state index contributed by atoms with van der Waals surface area (Å²) in [6.45, 7) is 5.53. The predicted octanol–water partition coefficient (Wildman–Crippen LogP) is 5.38. The van der Waals surface area contributed by atoms with Crippen molar-refractivity contribution in [1.29, 1.82) is 0 Å². The van der Waals surface area contributed by atoms with Crippen LogP contribution < -0.4 is 5.32 Å². The summed E-state index contributed by atoms with van der Waals surface area (Å²) in [6, 6.07) is 7.23. The van der Waals surface area contributed by atoms with E-state index in [0.717, 1.165) is 12.5 Å². The molecule has 0 saturated heterocycles. The predicted molar refractivity (Wildman–Crippen MR) is 86.5 cm³/mol. The van der Waals surface area contributed by atoms with Crippen LogP contribution in [-0.4, -0.2) is 6.54 Å². The molecule has 19 heavy (non-hydrogen) atoms. The van der Waals surface area contributed by atoms with Crippen molar-refractivity contribution < 1.29 is 0 Å². The lowest BCUT2D eigenvalue weighted by molar-refractivity contribution is 0.394. The molecule has 1 aromatic rings. The van der Waals surface area contributed by atoms with Crippen molar-refractivity contribution >= 4 is 15.9 Å². The van der Waals surface area contributed by atoms with E-state index < -0.39 is 0 Å². The van der Waals surface area contributed by atoms with Crippen LogP contribution in [0.25, 0.3) is 0 Å². The van der Waals surface area contributed by atoms with Crippen molar-refractivity contribution in [3.63, 3.8) is 0 Å². The minimum absolute atomic E-state index is 0.511. The summed E-state index contributed by atoms with van der Waals surface area (Å²) in [5, 5.41) is 3.75. The standard InChI is InChI=1S/C17H26BrN/c1-3-10-19-17(12-14-6-4-5-7-14)15-11-13(2)8-9-16(15)18/h8-9,11,14,17,19H,3-7,10,12H2,1-2H3. The van der Waals surface area contributed by atoms with E-state index in [1.807, 2.05) is 0 Å². The second-order valence-corrected chi connectivity index (χ2v) is 6.77. The van der Waals surface area contributed by atoms with Gasteiger partial charge in [0, 0.05) is 10.5 Å². The summed E-state index contributed by atoms with van der Waals surface area (Å²) >= 11 is 3.73. The molecule has 1 aliphatic carbocycles. The fourth-order valence-electron chi connectivity index (χ4n) is 3.15. The van der Waals surface area contributed by atoms with E-state index in [4.69, 9.17) is 0 Å². The van der Waals surface area contributed by atoms with E-state index in [2.05, 4.69) is 53.3 Å². The molecule has 0 aliphatic heterocycles. The van der Waals surface area contributed by atoms with Gasteiger partial charge in [-0.3, -0.25) is 0 Å². The largest absolute Gasteiger partial charge is 0.310 e. The van der Waals surface area contributed by atoms with Crippen molar-refractivity contribution in [3.05, 3.63) is 33.8 Å². The lowest BCUT2D eigenvalue weighted by Gasteiger charge is -2.24. The van der Waals surface area contributed by atoms with Crippen molar-refractivity contribution in [2.24, 2.45) is 5.92 Å². The van der Waals surface area contributed by atoms with Gasteiger partial charge in [0.25, 0.3) is 0 Å². The molecule has 1 fully saturated rings. The molecule has 106 valence electrons. The third-order valence-electron chi connectivity index (χ3n) is 4.21. The number of nitrogens with one attached hydrogen (secondary N) is 1. The second-order valence-electron chi connectivity index (χ2n) is 5.92. The number of benzene rings is 1. The van der Waals surface area contributed by atoms with Gasteiger partial charge in [0.1, 0.15) is 0 Å². The fraction of sp³-hybridized carbons (Fsp3) is 0.647. The summed E-state index contributed by atoms with van der Waals surface area (Å²) in [5.74, 6) is 0.918. The fourth-order valence-corrected chi connectivity index (χ4v) is 3.67. The molecule has 1 aromatic carbocycles. The average molecular weight is 324 g/mol. The zero-order valence-electron chi connectivity index (χ0n) is 12.2. The Kier molecular flexibility index (Phi) is 5.90. The Morgan fingerprint density at radius 3 is 2.74 bits per heavy atom. The Bertz CT molecular complexity index is 396. The minimum Gasteiger partial charge on any atom is -0.310 e. The minimum atomic E-state index is 0.511. The molecule has 0 aromatic heterocycles. The molecule has 0 spiro atoms. The van der Waals surface area contributed by atoms with Gasteiger partial charge in [-0.25, -0.2) is 0 Å². The number of halogens is 1. The van der Waals surface area contributed by atoms with Crippen LogP contribution in [0.15, 0.2) is 22.7 Å². The molecule has 1 N–H and O–H groups in total. The first-order valence-corrected chi connectivity index (χ1v) is 8.49. The molecule has 2 heteroatoms. The summed E-state index contributed by atoms with van der Waals surface area (Å²) in [5.41, 5.74) is 2.80. The molecule has 1 nitrogen and oxygen atoms in total. The van der Waals surface area contributed by atoms with Crippen LogP contribution in [0, 0.1) is 12.8 Å². The number of aryl methyl sites for hydroxylation is 1. The molecule has 2 rings (SSSR count). The quantitative estimate of drug-likeness (QED) is 0.741. The summed E-state index contributed by atoms with van der Waals surface area (Å²) < 4.78 is 1.25. The Morgan fingerprint density at radius 2 is 2.05 bits per heavy atom. The molecule has 1 unspecified atom stereocenters. The number of hydrogen-bond acceptors (Lipinski definition) is 1. The zero-order valence-corrected chi connectivity index (χ0v) is 13.8. The van der Waals surface area contributed by atoms with Crippen LogP contribution in [-0.2, 0) is 0 Å². The smallest absolute Gasteiger partial charge is 0.0334 e. The highest BCUT2D eigenvalue weighted by Crippen LogP contribution is 2.35. The van der Waals surface area contributed by atoms with Gasteiger partial charge in [0.15, 0.2) is 0 Å². The van der Waals surface area contributed by atoms with Crippen LogP contribution >= 0.6 is 15.9 Å². The first kappa shape index (κ1) is 15.1. The highest BCUT2D eigenvalue weighted by molar-refractivity contribution is 9.10. The van der Waals surface area contributed by atoms with Gasteiger partial charge in [0.05, 0.1) is 0 Å². The van der Waals surface area contributed by atoms with Crippen molar-refractivity contribution in [2.45, 2.75) is 58.4 Å². The first-order valence-electron chi connectivity index (χ1n) is 7.70. The average Bonchev–Trinajstić information content (AvgIpc) is 2.90. The van der Waals surface area contributed by atoms with Crippen molar-refractivity contribution in [2.75, 3.05) is 6.54 Å². The van der Waals surface area contributed by atoms with E-state index in [-0.39, 0.29) is 0 Å². The van der Waals surface area contributed by atoms with E-state index in [1.54, 1.807) is 0 Å². The first-order chi connectivity index (χ1) is 9.20. The zero-order chi connectivity index (χ0) is 13.7. The SMILES string of the molecule is CCCNC(CC1CCCC1)c1cc(C)ccc1Br. The molecule has 0 bridgehead atoms. The summed E-state index contributed by atoms with van der Waals surface area (Å²) in [4.78, 5) is 0. The monoisotopic (exact) mass is 323 g/mol. The van der Waals surface area contributed by atoms with Gasteiger partial charge in [-0.2, -0.15) is 0 Å². The maximum atomic E-state index is 3.75. The molecule has 0 radical (unpaired) electrons. The van der Waals surface area contributed by atoms with Gasteiger partial charge in [-0.1, -0.05) is 66.2 Å². The van der Waals surface area contributed by atoms with E-state index in [1.165, 1.54) is 54.1 Å². The Labute approximate surface area is 126 Å². The van der Waals surface area contributed by atoms with E-state index in [9.17, 15) is 0 Å².